The van der Waals surface area contributed by atoms with Gasteiger partial charge in [-0.05, 0) is 104 Å². The number of nitrogens with one attached hydrogen (secondary N) is 3. The standard InChI is InChI=1S/C29H34N4O3.C28H32N4O4S.C26H30N4O4S/c1-18(34)26-23(31-22-11-8-12-25(22)36-4)13-20(16-30-26)27-21-14-29(2,3)15-24(35)28(21)33(32-27)17-19-9-6-5-7-10-19;1-3-19-13-23-27(31-32(28(23)25(34)14-19)17-20-7-5-4-6-8-20)21-15-24(26(18(2)33)29-16-21)30-22-9-11-37(35,36)12-10-22;1-4-18-12-21-25(29-30(26(21)23(32)13-18)16-19-8-6-5-7-9-19)20-14-22(24(17(2)31)28-15-20)27-10-11-35(3,33)34/h5-7,9-10,13,16,22,25,31H,8,11-12,14-15,17H2,1-4H3;4-8,15-16,19,22,30H,3,9-14,17H2,1-2H3;5-9,14-15,18,27H,4,10-13,16H2,1-3H3. The van der Waals surface area contributed by atoms with Gasteiger partial charge in [0.2, 0.25) is 0 Å². The molecule has 5 aliphatic rings. The van der Waals surface area contributed by atoms with Gasteiger partial charge in [-0.3, -0.25) is 57.8 Å². The van der Waals surface area contributed by atoms with Gasteiger partial charge in [-0.15, -0.1) is 0 Å². The molecule has 14 rings (SSSR count). The van der Waals surface area contributed by atoms with E-state index in [9.17, 15) is 45.6 Å². The summed E-state index contributed by atoms with van der Waals surface area (Å²) in [5.41, 5.74) is 14.9. The summed E-state index contributed by atoms with van der Waals surface area (Å²) in [4.78, 5) is 90.1. The minimum atomic E-state index is -3.16. The normalized spacial score (nSPS) is 18.7. The van der Waals surface area contributed by atoms with Crippen LogP contribution in [0.3, 0.4) is 0 Å². The maximum absolute atomic E-state index is 13.3. The molecule has 23 nitrogen and oxygen atoms in total. The quantitative estimate of drug-likeness (QED) is 0.0501. The summed E-state index contributed by atoms with van der Waals surface area (Å²) >= 11 is 0. The zero-order valence-electron chi connectivity index (χ0n) is 63.0. The van der Waals surface area contributed by atoms with Crippen LogP contribution in [0.4, 0.5) is 17.1 Å². The molecule has 0 spiro atoms. The number of aromatic nitrogens is 9. The highest BCUT2D eigenvalue weighted by Crippen LogP contribution is 2.43. The molecule has 108 heavy (non-hydrogen) atoms. The predicted molar refractivity (Wildman–Crippen MR) is 418 cm³/mol. The molecule has 3 aromatic carbocycles. The summed E-state index contributed by atoms with van der Waals surface area (Å²) in [5.74, 6) is 0.537. The summed E-state index contributed by atoms with van der Waals surface area (Å²) < 4.78 is 58.0. The monoisotopic (exact) mass is 1500 g/mol. The highest BCUT2D eigenvalue weighted by Gasteiger charge is 2.39. The zero-order valence-corrected chi connectivity index (χ0v) is 64.6. The second kappa shape index (κ2) is 33.2. The maximum atomic E-state index is 13.3. The number of methoxy groups -OCH3 is 1. The molecule has 566 valence electrons. The topological polar surface area (TPSA) is 308 Å². The molecule has 7 heterocycles. The Labute approximate surface area is 631 Å². The molecule has 0 bridgehead atoms. The third-order valence-corrected chi connectivity index (χ3v) is 23.8. The van der Waals surface area contributed by atoms with Crippen LogP contribution in [0, 0.1) is 17.3 Å². The van der Waals surface area contributed by atoms with Gasteiger partial charge in [-0.1, -0.05) is 132 Å². The zero-order chi connectivity index (χ0) is 76.8. The number of carbonyl (C=O) groups is 6. The van der Waals surface area contributed by atoms with E-state index in [0.717, 1.165) is 102 Å². The first-order chi connectivity index (χ1) is 51.6. The minimum absolute atomic E-state index is 0.0609. The Morgan fingerprint density at radius 3 is 1.37 bits per heavy atom. The number of pyridine rings is 3. The number of fused-ring (bicyclic) bond motifs is 3. The van der Waals surface area contributed by atoms with Crippen molar-refractivity contribution in [3.63, 3.8) is 0 Å². The fraction of sp³-hybridized carbons (Fsp3) is 0.422. The second-order valence-electron chi connectivity index (χ2n) is 30.2. The van der Waals surface area contributed by atoms with Gasteiger partial charge in [-0.25, -0.2) is 16.8 Å². The van der Waals surface area contributed by atoms with Crippen molar-refractivity contribution in [3.8, 4) is 33.8 Å². The van der Waals surface area contributed by atoms with E-state index < -0.39 is 19.7 Å². The summed E-state index contributed by atoms with van der Waals surface area (Å²) in [6.45, 7) is 14.5. The average molecular weight is 1500 g/mol. The van der Waals surface area contributed by atoms with Crippen molar-refractivity contribution < 1.29 is 50.3 Å². The first-order valence-electron chi connectivity index (χ1n) is 37.4. The Bertz CT molecular complexity index is 5100. The molecule has 4 atom stereocenters. The number of Topliss-reactive ketones (excluding diaryl/α,β-unsaturated/α-hetero) is 6. The summed E-state index contributed by atoms with van der Waals surface area (Å²) in [6.07, 6.45) is 15.8. The lowest BCUT2D eigenvalue weighted by Crippen LogP contribution is -2.32. The number of anilines is 3. The molecule has 25 heteroatoms. The Morgan fingerprint density at radius 2 is 0.954 bits per heavy atom. The van der Waals surface area contributed by atoms with E-state index in [0.29, 0.717) is 114 Å². The molecule has 3 N–H and O–H groups in total. The third kappa shape index (κ3) is 18.2. The van der Waals surface area contributed by atoms with E-state index in [1.54, 1.807) is 36.4 Å². The van der Waals surface area contributed by atoms with Gasteiger partial charge < -0.3 is 20.7 Å². The molecule has 1 saturated carbocycles. The first kappa shape index (κ1) is 77.6. The van der Waals surface area contributed by atoms with Gasteiger partial charge in [0.25, 0.3) is 0 Å². The Kier molecular flexibility index (Phi) is 23.9. The van der Waals surface area contributed by atoms with Crippen molar-refractivity contribution in [1.82, 2.24) is 44.3 Å². The molecule has 1 saturated heterocycles. The van der Waals surface area contributed by atoms with Crippen LogP contribution in [0.25, 0.3) is 33.8 Å². The third-order valence-electron chi connectivity index (χ3n) is 21.1. The van der Waals surface area contributed by atoms with E-state index in [2.05, 4.69) is 58.6 Å². The number of sulfone groups is 2. The predicted octanol–water partition coefficient (Wildman–Crippen LogP) is 13.5. The Hall–Kier alpha value is -9.98. The molecule has 6 aromatic heterocycles. The fourth-order valence-electron chi connectivity index (χ4n) is 15.5. The lowest BCUT2D eigenvalue weighted by Gasteiger charge is -2.29. The molecule has 0 radical (unpaired) electrons. The summed E-state index contributed by atoms with van der Waals surface area (Å²) in [7, 11) is -4.43. The number of ether oxygens (including phenoxy) is 1. The summed E-state index contributed by atoms with van der Waals surface area (Å²) in [5, 5.41) is 24.7. The van der Waals surface area contributed by atoms with Crippen molar-refractivity contribution in [2.75, 3.05) is 53.1 Å². The van der Waals surface area contributed by atoms with Crippen LogP contribution < -0.4 is 16.0 Å². The molecule has 2 fully saturated rings. The van der Waals surface area contributed by atoms with Crippen LogP contribution in [-0.2, 0) is 63.3 Å². The summed E-state index contributed by atoms with van der Waals surface area (Å²) in [6, 6.07) is 35.6. The van der Waals surface area contributed by atoms with Crippen LogP contribution in [0.1, 0.15) is 209 Å². The number of rotatable bonds is 23. The number of ketones is 6. The van der Waals surface area contributed by atoms with Crippen LogP contribution in [0.2, 0.25) is 0 Å². The van der Waals surface area contributed by atoms with Crippen LogP contribution >= 0.6 is 0 Å². The van der Waals surface area contributed by atoms with Gasteiger partial charge in [0, 0.05) is 118 Å². The smallest absolute Gasteiger partial charge is 0.181 e. The SMILES string of the molecule is CCC1CC(=O)c2c(c(-c3cnc(C(C)=O)c(NC4CCS(=O)(=O)CC4)c3)nn2Cc2ccccc2)C1.CCC1CC(=O)c2c(c(-c3cnc(C(C)=O)c(NCCS(C)(=O)=O)c3)nn2Cc2ccccc2)C1.COC1CCCC1Nc1cc(-c2nn(Cc3ccccc3)c3c2CC(C)(C)CC3=O)cnc1C(C)=O. The largest absolute Gasteiger partial charge is 0.382 e. The lowest BCUT2D eigenvalue weighted by molar-refractivity contribution is 0.0897. The molecular weight excluding hydrogens is 1410 g/mol. The molecule has 1 aliphatic heterocycles. The number of hydrogen-bond acceptors (Lipinski definition) is 20. The van der Waals surface area contributed by atoms with Crippen molar-refractivity contribution in [3.05, 3.63) is 195 Å². The van der Waals surface area contributed by atoms with E-state index in [-0.39, 0.29) is 99.6 Å². The van der Waals surface area contributed by atoms with Crippen LogP contribution in [0.5, 0.6) is 0 Å². The molecule has 4 aliphatic carbocycles. The number of nitrogens with zero attached hydrogens (tertiary/aromatic N) is 9. The Balaban J connectivity index is 0.000000151. The number of carbonyl (C=O) groups excluding carboxylic acids is 6. The van der Waals surface area contributed by atoms with Gasteiger partial charge in [-0.2, -0.15) is 15.3 Å². The van der Waals surface area contributed by atoms with Crippen LogP contribution in [0.15, 0.2) is 128 Å². The lowest BCUT2D eigenvalue weighted by atomic mass is 9.75. The number of benzene rings is 3. The first-order valence-corrected chi connectivity index (χ1v) is 41.3. The highest BCUT2D eigenvalue weighted by molar-refractivity contribution is 7.91. The van der Waals surface area contributed by atoms with E-state index in [1.165, 1.54) is 27.0 Å². The minimum Gasteiger partial charge on any atom is -0.382 e. The maximum Gasteiger partial charge on any atom is 0.181 e. The van der Waals surface area contributed by atoms with E-state index in [4.69, 9.17) is 20.0 Å². The van der Waals surface area contributed by atoms with E-state index >= 15 is 0 Å². The fourth-order valence-corrected chi connectivity index (χ4v) is 17.5. The molecule has 9 aromatic rings. The molecule has 4 unspecified atom stereocenters. The second-order valence-corrected chi connectivity index (χ2v) is 34.8. The van der Waals surface area contributed by atoms with Crippen LogP contribution in [-0.4, -0.2) is 151 Å². The van der Waals surface area contributed by atoms with Crippen molar-refractivity contribution in [2.45, 2.75) is 170 Å². The van der Waals surface area contributed by atoms with E-state index in [1.807, 2.05) is 112 Å². The van der Waals surface area contributed by atoms with Gasteiger partial charge in [0.1, 0.15) is 53.8 Å². The van der Waals surface area contributed by atoms with Crippen molar-refractivity contribution in [1.29, 1.82) is 0 Å². The van der Waals surface area contributed by atoms with Gasteiger partial charge in [0.05, 0.1) is 83.2 Å². The van der Waals surface area contributed by atoms with Gasteiger partial charge >= 0.3 is 0 Å². The average Bonchev–Trinajstić information content (AvgIpc) is 1.61. The van der Waals surface area contributed by atoms with Crippen molar-refractivity contribution >= 4 is 71.4 Å². The molecular formula is C83H96N12O11S2. The van der Waals surface area contributed by atoms with Crippen molar-refractivity contribution in [2.24, 2.45) is 17.3 Å². The highest BCUT2D eigenvalue weighted by atomic mass is 32.2. The Morgan fingerprint density at radius 1 is 0.546 bits per heavy atom. The molecule has 0 amide bonds. The van der Waals surface area contributed by atoms with Gasteiger partial charge in [0.15, 0.2) is 34.7 Å². The number of hydrogen-bond donors (Lipinski definition) is 3.